The maximum atomic E-state index is 10.9. The van der Waals surface area contributed by atoms with Gasteiger partial charge in [-0.1, -0.05) is 18.2 Å². The summed E-state index contributed by atoms with van der Waals surface area (Å²) in [4.78, 5) is 21.8. The van der Waals surface area contributed by atoms with Gasteiger partial charge in [0.2, 0.25) is 0 Å². The van der Waals surface area contributed by atoms with Gasteiger partial charge in [0.05, 0.1) is 5.56 Å². The lowest BCUT2D eigenvalue weighted by molar-refractivity contribution is -0.132. The smallest absolute Gasteiger partial charge is 0.335 e. The molecule has 0 aromatic heterocycles. The standard InChI is InChI=1S/C14H14O4/c15-13(16)11-5-1-3-9(7-11)10-4-2-6-12(8-10)14(17)18/h1,3,5,7-8,10H,2,4,6H2,(H,15,16)(H,17,18). The predicted octanol–water partition coefficient (Wildman–Crippen LogP) is 2.66. The molecular weight excluding hydrogens is 232 g/mol. The van der Waals surface area contributed by atoms with Crippen LogP contribution in [0.2, 0.25) is 0 Å². The summed E-state index contributed by atoms with van der Waals surface area (Å²) in [6, 6.07) is 6.70. The Morgan fingerprint density at radius 1 is 1.17 bits per heavy atom. The van der Waals surface area contributed by atoms with Gasteiger partial charge in [-0.2, -0.15) is 0 Å². The van der Waals surface area contributed by atoms with E-state index in [1.165, 1.54) is 6.07 Å². The molecule has 2 rings (SSSR count). The van der Waals surface area contributed by atoms with Crippen LogP contribution in [0.25, 0.3) is 0 Å². The number of aliphatic carboxylic acids is 1. The van der Waals surface area contributed by atoms with Crippen LogP contribution in [-0.2, 0) is 4.79 Å². The van der Waals surface area contributed by atoms with Gasteiger partial charge < -0.3 is 10.2 Å². The Hall–Kier alpha value is -2.10. The molecule has 94 valence electrons. The van der Waals surface area contributed by atoms with Crippen molar-refractivity contribution in [3.05, 3.63) is 47.0 Å². The average Bonchev–Trinajstić information content (AvgIpc) is 2.39. The zero-order chi connectivity index (χ0) is 13.1. The number of aromatic carboxylic acids is 1. The number of allylic oxidation sites excluding steroid dienone is 1. The molecule has 1 unspecified atom stereocenters. The van der Waals surface area contributed by atoms with E-state index in [9.17, 15) is 9.59 Å². The third-order valence-electron chi connectivity index (χ3n) is 3.20. The van der Waals surface area contributed by atoms with Crippen LogP contribution in [0.5, 0.6) is 0 Å². The van der Waals surface area contributed by atoms with Crippen LogP contribution in [-0.4, -0.2) is 22.2 Å². The SMILES string of the molecule is O=C(O)C1=CC(c2cccc(C(=O)O)c2)CCC1. The molecule has 0 spiro atoms. The second kappa shape index (κ2) is 5.04. The third kappa shape index (κ3) is 2.59. The summed E-state index contributed by atoms with van der Waals surface area (Å²) in [5.74, 6) is -1.84. The van der Waals surface area contributed by atoms with E-state index in [1.807, 2.05) is 6.07 Å². The lowest BCUT2D eigenvalue weighted by atomic mass is 9.85. The number of hydrogen-bond donors (Lipinski definition) is 2. The Morgan fingerprint density at radius 3 is 2.61 bits per heavy atom. The van der Waals surface area contributed by atoms with E-state index in [2.05, 4.69) is 0 Å². The van der Waals surface area contributed by atoms with E-state index in [0.717, 1.165) is 18.4 Å². The molecule has 1 aromatic rings. The molecule has 1 aliphatic carbocycles. The van der Waals surface area contributed by atoms with Crippen LogP contribution < -0.4 is 0 Å². The molecule has 0 aliphatic heterocycles. The molecule has 1 aromatic carbocycles. The number of carboxylic acid groups (broad SMARTS) is 2. The van der Waals surface area contributed by atoms with E-state index < -0.39 is 11.9 Å². The molecule has 1 atom stereocenters. The fraction of sp³-hybridized carbons (Fsp3) is 0.286. The largest absolute Gasteiger partial charge is 0.478 e. The van der Waals surface area contributed by atoms with Gasteiger partial charge in [0.15, 0.2) is 0 Å². The topological polar surface area (TPSA) is 74.6 Å². The van der Waals surface area contributed by atoms with Gasteiger partial charge in [-0.05, 0) is 37.0 Å². The minimum atomic E-state index is -0.963. The van der Waals surface area contributed by atoms with E-state index >= 15 is 0 Å². The monoisotopic (exact) mass is 246 g/mol. The van der Waals surface area contributed by atoms with E-state index in [1.54, 1.807) is 18.2 Å². The fourth-order valence-corrected chi connectivity index (χ4v) is 2.27. The van der Waals surface area contributed by atoms with Crippen molar-refractivity contribution in [1.29, 1.82) is 0 Å². The number of carboxylic acids is 2. The molecule has 0 fully saturated rings. The van der Waals surface area contributed by atoms with Gasteiger partial charge in [0.1, 0.15) is 0 Å². The summed E-state index contributed by atoms with van der Waals surface area (Å²) in [6.07, 6.45) is 4.01. The van der Waals surface area contributed by atoms with Gasteiger partial charge in [0, 0.05) is 11.5 Å². The first kappa shape index (κ1) is 12.4. The van der Waals surface area contributed by atoms with Crippen molar-refractivity contribution in [2.24, 2.45) is 0 Å². The minimum absolute atomic E-state index is 0.00384. The first-order valence-electron chi connectivity index (χ1n) is 5.85. The molecule has 0 saturated heterocycles. The van der Waals surface area contributed by atoms with Crippen LogP contribution >= 0.6 is 0 Å². The van der Waals surface area contributed by atoms with Gasteiger partial charge >= 0.3 is 11.9 Å². The van der Waals surface area contributed by atoms with Crippen molar-refractivity contribution in [2.45, 2.75) is 25.2 Å². The van der Waals surface area contributed by atoms with Crippen molar-refractivity contribution in [3.8, 4) is 0 Å². The fourth-order valence-electron chi connectivity index (χ4n) is 2.27. The molecule has 0 amide bonds. The lowest BCUT2D eigenvalue weighted by Crippen LogP contribution is -2.10. The zero-order valence-corrected chi connectivity index (χ0v) is 9.80. The summed E-state index contributed by atoms with van der Waals surface area (Å²) >= 11 is 0. The van der Waals surface area contributed by atoms with Crippen LogP contribution in [0.15, 0.2) is 35.9 Å². The molecule has 0 saturated carbocycles. The summed E-state index contributed by atoms with van der Waals surface area (Å²) in [7, 11) is 0. The average molecular weight is 246 g/mol. The normalized spacial score (nSPS) is 19.1. The van der Waals surface area contributed by atoms with Crippen molar-refractivity contribution >= 4 is 11.9 Å². The highest BCUT2D eigenvalue weighted by atomic mass is 16.4. The van der Waals surface area contributed by atoms with Crippen molar-refractivity contribution in [1.82, 2.24) is 0 Å². The summed E-state index contributed by atoms with van der Waals surface area (Å²) in [5, 5.41) is 17.9. The van der Waals surface area contributed by atoms with Crippen LogP contribution in [0.3, 0.4) is 0 Å². The molecule has 1 aliphatic rings. The van der Waals surface area contributed by atoms with E-state index in [-0.39, 0.29) is 11.5 Å². The van der Waals surface area contributed by atoms with Crippen LogP contribution in [0.1, 0.15) is 41.1 Å². The highest BCUT2D eigenvalue weighted by Gasteiger charge is 2.19. The molecular formula is C14H14O4. The zero-order valence-electron chi connectivity index (χ0n) is 9.80. The highest BCUT2D eigenvalue weighted by molar-refractivity contribution is 5.88. The summed E-state index contributed by atoms with van der Waals surface area (Å²) in [5.41, 5.74) is 1.53. The molecule has 4 heteroatoms. The molecule has 0 radical (unpaired) electrons. The van der Waals surface area contributed by atoms with E-state index in [4.69, 9.17) is 10.2 Å². The first-order chi connectivity index (χ1) is 8.58. The van der Waals surface area contributed by atoms with Gasteiger partial charge in [-0.3, -0.25) is 0 Å². The molecule has 2 N–H and O–H groups in total. The Morgan fingerprint density at radius 2 is 1.94 bits per heavy atom. The Labute approximate surface area is 105 Å². The second-order valence-electron chi connectivity index (χ2n) is 4.43. The maximum absolute atomic E-state index is 10.9. The number of benzene rings is 1. The molecule has 18 heavy (non-hydrogen) atoms. The van der Waals surface area contributed by atoms with Crippen molar-refractivity contribution < 1.29 is 19.8 Å². The first-order valence-corrected chi connectivity index (χ1v) is 5.85. The minimum Gasteiger partial charge on any atom is -0.478 e. The Kier molecular flexibility index (Phi) is 3.46. The quantitative estimate of drug-likeness (QED) is 0.859. The molecule has 4 nitrogen and oxygen atoms in total. The number of rotatable bonds is 3. The summed E-state index contributed by atoms with van der Waals surface area (Å²) < 4.78 is 0. The van der Waals surface area contributed by atoms with Crippen molar-refractivity contribution in [2.75, 3.05) is 0 Å². The van der Waals surface area contributed by atoms with Crippen molar-refractivity contribution in [3.63, 3.8) is 0 Å². The number of hydrogen-bond acceptors (Lipinski definition) is 2. The third-order valence-corrected chi connectivity index (χ3v) is 3.20. The van der Waals surface area contributed by atoms with Crippen LogP contribution in [0.4, 0.5) is 0 Å². The van der Waals surface area contributed by atoms with Crippen LogP contribution in [0, 0.1) is 0 Å². The second-order valence-corrected chi connectivity index (χ2v) is 4.43. The molecule has 0 bridgehead atoms. The van der Waals surface area contributed by atoms with Gasteiger partial charge in [0.25, 0.3) is 0 Å². The van der Waals surface area contributed by atoms with Gasteiger partial charge in [-0.15, -0.1) is 0 Å². The highest BCUT2D eigenvalue weighted by Crippen LogP contribution is 2.31. The Bertz CT molecular complexity index is 516. The van der Waals surface area contributed by atoms with E-state index in [0.29, 0.717) is 12.0 Å². The maximum Gasteiger partial charge on any atom is 0.335 e. The number of carbonyl (C=O) groups is 2. The lowest BCUT2D eigenvalue weighted by Gasteiger charge is -2.19. The molecule has 0 heterocycles. The van der Waals surface area contributed by atoms with Gasteiger partial charge in [-0.25, -0.2) is 9.59 Å². The summed E-state index contributed by atoms with van der Waals surface area (Å²) in [6.45, 7) is 0. The Balaban J connectivity index is 2.31. The predicted molar refractivity (Wildman–Crippen MR) is 65.7 cm³/mol.